The topological polar surface area (TPSA) is 140 Å². The maximum absolute atomic E-state index is 15.5. The van der Waals surface area contributed by atoms with Crippen molar-refractivity contribution in [1.29, 1.82) is 0 Å². The number of rotatable bonds is 18. The molecule has 0 aromatic heterocycles. The molecule has 308 valence electrons. The molecule has 0 atom stereocenters. The third-order valence-corrected chi connectivity index (χ3v) is 11.0. The van der Waals surface area contributed by atoms with Gasteiger partial charge in [-0.2, -0.15) is 13.2 Å². The lowest BCUT2D eigenvalue weighted by Crippen LogP contribution is -2.31. The van der Waals surface area contributed by atoms with Gasteiger partial charge in [-0.15, -0.1) is 0 Å². The summed E-state index contributed by atoms with van der Waals surface area (Å²) in [6.07, 6.45) is -3.80. The molecule has 0 saturated heterocycles. The number of carbonyl (C=O) groups excluding carboxylic acids is 1. The predicted octanol–water partition coefficient (Wildman–Crippen LogP) is 8.76. The Bertz CT molecular complexity index is 2290. The van der Waals surface area contributed by atoms with Crippen LogP contribution in [-0.4, -0.2) is 55.0 Å². The first-order chi connectivity index (χ1) is 27.4. The van der Waals surface area contributed by atoms with E-state index in [1.807, 2.05) is 65.6 Å². The quantitative estimate of drug-likeness (QED) is 0.0381. The average Bonchev–Trinajstić information content (AvgIpc) is 3.15. The smallest absolute Gasteiger partial charge is 0.493 e. The molecule has 0 unspecified atom stereocenters. The largest absolute Gasteiger partial charge is 0.524 e. The van der Waals surface area contributed by atoms with E-state index in [0.29, 0.717) is 25.1 Å². The van der Waals surface area contributed by atoms with Gasteiger partial charge in [-0.1, -0.05) is 96.5 Å². The molecule has 17 heteroatoms. The number of phosphoric acid groups is 1. The molecule has 0 aliphatic carbocycles. The number of benzene rings is 5. The van der Waals surface area contributed by atoms with E-state index >= 15 is 4.39 Å². The van der Waals surface area contributed by atoms with Gasteiger partial charge in [0.25, 0.3) is 0 Å². The monoisotopic (exact) mass is 863 g/mol. The Balaban J connectivity index is 1.29. The number of carbonyl (C=O) groups is 1. The van der Waals surface area contributed by atoms with Crippen molar-refractivity contribution in [1.82, 2.24) is 4.90 Å². The average molecular weight is 864 g/mol. The van der Waals surface area contributed by atoms with Crippen molar-refractivity contribution >= 4 is 35.2 Å². The molecule has 10 nitrogen and oxygen atoms in total. The van der Waals surface area contributed by atoms with Gasteiger partial charge < -0.3 is 14.0 Å². The summed E-state index contributed by atoms with van der Waals surface area (Å²) in [7, 11) is -8.84. The lowest BCUT2D eigenvalue weighted by atomic mass is 9.90. The normalized spacial score (nSPS) is 12.2. The Morgan fingerprint density at radius 1 is 0.879 bits per heavy atom. The van der Waals surface area contributed by atoms with Crippen LogP contribution in [0.4, 0.5) is 17.6 Å². The summed E-state index contributed by atoms with van der Waals surface area (Å²) >= 11 is 6.32. The van der Waals surface area contributed by atoms with Crippen molar-refractivity contribution in [3.05, 3.63) is 159 Å². The van der Waals surface area contributed by atoms with E-state index in [4.69, 9.17) is 30.9 Å². The summed E-state index contributed by atoms with van der Waals surface area (Å²) in [4.78, 5) is 31.9. The SMILES string of the molecule is CS(=O)(=O)c1cc(OCCCN(Cc2cccc(C(F)(F)F)c2Cl)CC(c2ccccc2)c2ccccc2)cc(F)c1COC(=O)Cc1ccc(OP(=O)(O)O)cc1. The zero-order valence-electron chi connectivity index (χ0n) is 30.9. The molecule has 5 aromatic rings. The molecule has 5 rings (SSSR count). The molecule has 0 aliphatic heterocycles. The molecule has 0 bridgehead atoms. The van der Waals surface area contributed by atoms with Gasteiger partial charge in [-0.25, -0.2) is 17.4 Å². The zero-order chi connectivity index (χ0) is 42.1. The van der Waals surface area contributed by atoms with Crippen molar-refractivity contribution in [2.75, 3.05) is 26.0 Å². The Kier molecular flexibility index (Phi) is 14.8. The Morgan fingerprint density at radius 3 is 2.07 bits per heavy atom. The van der Waals surface area contributed by atoms with Gasteiger partial charge in [0.05, 0.1) is 28.5 Å². The summed E-state index contributed by atoms with van der Waals surface area (Å²) in [5, 5.41) is -0.397. The molecule has 5 aromatic carbocycles. The van der Waals surface area contributed by atoms with Crippen LogP contribution in [0.2, 0.25) is 5.02 Å². The molecular weight excluding hydrogens is 825 g/mol. The van der Waals surface area contributed by atoms with Crippen LogP contribution in [0.3, 0.4) is 0 Å². The third-order valence-electron chi connectivity index (χ3n) is 8.91. The van der Waals surface area contributed by atoms with Crippen LogP contribution in [0, 0.1) is 5.82 Å². The highest BCUT2D eigenvalue weighted by atomic mass is 35.5. The van der Waals surface area contributed by atoms with Crippen LogP contribution in [0.25, 0.3) is 0 Å². The van der Waals surface area contributed by atoms with E-state index in [9.17, 15) is 30.9 Å². The molecule has 0 radical (unpaired) electrons. The second-order valence-corrected chi connectivity index (χ2v) is 16.8. The number of hydrogen-bond donors (Lipinski definition) is 2. The minimum Gasteiger partial charge on any atom is -0.493 e. The van der Waals surface area contributed by atoms with Crippen LogP contribution in [0.1, 0.15) is 45.7 Å². The summed E-state index contributed by atoms with van der Waals surface area (Å²) in [5.41, 5.74) is 1.30. The predicted molar refractivity (Wildman–Crippen MR) is 209 cm³/mol. The summed E-state index contributed by atoms with van der Waals surface area (Å²) in [6.45, 7) is 0.0112. The van der Waals surface area contributed by atoms with Gasteiger partial charge in [-0.3, -0.25) is 19.5 Å². The maximum atomic E-state index is 15.5. The van der Waals surface area contributed by atoms with E-state index in [2.05, 4.69) is 4.52 Å². The molecule has 2 N–H and O–H groups in total. The van der Waals surface area contributed by atoms with E-state index in [1.54, 1.807) is 6.07 Å². The molecule has 0 saturated carbocycles. The molecule has 0 heterocycles. The van der Waals surface area contributed by atoms with Crippen LogP contribution in [0.15, 0.2) is 120 Å². The minimum absolute atomic E-state index is 0.0247. The first-order valence-electron chi connectivity index (χ1n) is 17.7. The lowest BCUT2D eigenvalue weighted by molar-refractivity contribution is -0.144. The minimum atomic E-state index is -4.78. The van der Waals surface area contributed by atoms with E-state index in [-0.39, 0.29) is 42.6 Å². The standard InChI is InChI=1S/C41H39ClF4NO9PS/c1-58(52,53)38-24-33(23-37(43)35(38)27-55-39(48)22-28-16-18-32(19-17-28)56-57(49,50)51)54-21-9-20-47(25-31-14-8-15-36(40(31)42)41(44,45)46)26-34(29-10-4-2-5-11-29)30-12-6-3-7-13-30/h2-8,10-19,23-24,34H,9,20-22,25-27H2,1H3,(H2,49,50,51). The van der Waals surface area contributed by atoms with Gasteiger partial charge in [0.1, 0.15) is 23.9 Å². The highest BCUT2D eigenvalue weighted by molar-refractivity contribution is 7.90. The third kappa shape index (κ3) is 12.9. The highest BCUT2D eigenvalue weighted by Crippen LogP contribution is 2.38. The molecule has 0 aliphatic rings. The van der Waals surface area contributed by atoms with Gasteiger partial charge in [0.15, 0.2) is 9.84 Å². The summed E-state index contributed by atoms with van der Waals surface area (Å²) in [6, 6.07) is 30.4. The van der Waals surface area contributed by atoms with Crippen molar-refractivity contribution in [3.8, 4) is 11.5 Å². The van der Waals surface area contributed by atoms with Crippen LogP contribution >= 0.6 is 19.4 Å². The molecule has 0 spiro atoms. The number of ether oxygens (including phenoxy) is 2. The van der Waals surface area contributed by atoms with Crippen LogP contribution in [-0.2, 0) is 49.7 Å². The first-order valence-corrected chi connectivity index (χ1v) is 21.5. The van der Waals surface area contributed by atoms with E-state index in [0.717, 1.165) is 35.6 Å². The summed E-state index contributed by atoms with van der Waals surface area (Å²) in [5.74, 6) is -2.24. The molecule has 0 amide bonds. The fourth-order valence-corrected chi connectivity index (χ4v) is 7.85. The first kappa shape index (κ1) is 44.3. The van der Waals surface area contributed by atoms with Crippen LogP contribution in [0.5, 0.6) is 11.5 Å². The molecular formula is C41H39ClF4NO9PS. The van der Waals surface area contributed by atoms with E-state index < -0.39 is 63.3 Å². The Labute approximate surface area is 338 Å². The second kappa shape index (κ2) is 19.3. The Hall–Kier alpha value is -4.76. The highest BCUT2D eigenvalue weighted by Gasteiger charge is 2.34. The summed E-state index contributed by atoms with van der Waals surface area (Å²) < 4.78 is 109. The van der Waals surface area contributed by atoms with Crippen molar-refractivity contribution in [2.45, 2.75) is 43.0 Å². The fourth-order valence-electron chi connectivity index (χ4n) is 6.22. The van der Waals surface area contributed by atoms with E-state index in [1.165, 1.54) is 30.3 Å². The number of alkyl halides is 3. The number of hydrogen-bond acceptors (Lipinski definition) is 8. The van der Waals surface area contributed by atoms with Gasteiger partial charge >= 0.3 is 20.0 Å². The number of esters is 1. The molecule has 0 fully saturated rings. The molecule has 58 heavy (non-hydrogen) atoms. The number of sulfone groups is 1. The van der Waals surface area contributed by atoms with Crippen molar-refractivity contribution in [3.63, 3.8) is 0 Å². The number of nitrogens with zero attached hydrogens (tertiary/aromatic N) is 1. The number of phosphoric ester groups is 1. The van der Waals surface area contributed by atoms with Gasteiger partial charge in [0.2, 0.25) is 0 Å². The van der Waals surface area contributed by atoms with Crippen molar-refractivity contribution in [2.24, 2.45) is 0 Å². The fraction of sp³-hybridized carbons (Fsp3) is 0.244. The maximum Gasteiger partial charge on any atom is 0.524 e. The van der Waals surface area contributed by atoms with Crippen molar-refractivity contribution < 1.29 is 59.1 Å². The van der Waals surface area contributed by atoms with Crippen LogP contribution < -0.4 is 9.26 Å². The van der Waals surface area contributed by atoms with Gasteiger partial charge in [-0.05, 0) is 52.9 Å². The lowest BCUT2D eigenvalue weighted by Gasteiger charge is -2.29. The number of halogens is 5. The Morgan fingerprint density at radius 2 is 1.50 bits per heavy atom. The zero-order valence-corrected chi connectivity index (χ0v) is 33.4. The second-order valence-electron chi connectivity index (χ2n) is 13.3. The van der Waals surface area contributed by atoms with Gasteiger partial charge in [0, 0.05) is 43.4 Å².